The minimum Gasteiger partial charge on any atom is -0.366 e. The molecule has 1 aliphatic rings. The van der Waals surface area contributed by atoms with Crippen LogP contribution in [0.15, 0.2) is 0 Å². The molecule has 0 spiro atoms. The zero-order chi connectivity index (χ0) is 6.97. The molecule has 5 heteroatoms. The molecule has 4 nitrogen and oxygen atoms in total. The van der Waals surface area contributed by atoms with Crippen molar-refractivity contribution < 1.29 is 0 Å². The van der Waals surface area contributed by atoms with Gasteiger partial charge in [0.25, 0.3) is 0 Å². The zero-order valence-corrected chi connectivity index (χ0v) is 6.27. The van der Waals surface area contributed by atoms with Gasteiger partial charge in [0.1, 0.15) is 5.82 Å². The van der Waals surface area contributed by atoms with Gasteiger partial charge >= 0.3 is 0 Å². The van der Waals surface area contributed by atoms with Crippen molar-refractivity contribution in [1.29, 1.82) is 0 Å². The molecule has 2 N–H and O–H groups in total. The number of aromatic nitrogens is 3. The topological polar surface area (TPSA) is 56.7 Å². The van der Waals surface area contributed by atoms with Crippen molar-refractivity contribution in [3.63, 3.8) is 0 Å². The summed E-state index contributed by atoms with van der Waals surface area (Å²) in [5.41, 5.74) is 5.41. The number of fused-ring (bicyclic) bond motifs is 1. The smallest absolute Gasteiger partial charge is 0.239 e. The van der Waals surface area contributed by atoms with Crippen LogP contribution in [0.4, 0.5) is 5.95 Å². The molecule has 1 aliphatic heterocycles. The lowest BCUT2D eigenvalue weighted by Crippen LogP contribution is -2.11. The third kappa shape index (κ3) is 0.862. The molecule has 1 aromatic heterocycles. The quantitative estimate of drug-likeness (QED) is 0.579. The van der Waals surface area contributed by atoms with Crippen molar-refractivity contribution in [2.24, 2.45) is 0 Å². The van der Waals surface area contributed by atoms with Crippen LogP contribution in [0.2, 0.25) is 0 Å². The zero-order valence-electron chi connectivity index (χ0n) is 5.45. The number of hydrogen-bond acceptors (Lipinski definition) is 4. The van der Waals surface area contributed by atoms with Crippen molar-refractivity contribution in [1.82, 2.24) is 14.8 Å². The maximum absolute atomic E-state index is 5.41. The first-order valence-electron chi connectivity index (χ1n) is 3.13. The molecule has 0 aliphatic carbocycles. The summed E-state index contributed by atoms with van der Waals surface area (Å²) in [6.45, 7) is 0.949. The Hall–Kier alpha value is -0.710. The van der Waals surface area contributed by atoms with Gasteiger partial charge in [-0.25, -0.2) is 4.68 Å². The standard InChI is InChI=1S/C5H8N4S/c6-5-7-4-3-10-2-1-9(4)8-5/h1-3H2,(H2,6,8). The number of nitrogens with zero attached hydrogens (tertiary/aromatic N) is 3. The predicted octanol–water partition coefficient (Wildman–Crippen LogP) is 0.107. The van der Waals surface area contributed by atoms with E-state index in [-0.39, 0.29) is 0 Å². The average Bonchev–Trinajstić information content (AvgIpc) is 2.27. The molecule has 54 valence electrons. The molecule has 10 heavy (non-hydrogen) atoms. The van der Waals surface area contributed by atoms with Gasteiger partial charge in [0.05, 0.1) is 12.3 Å². The molecule has 2 heterocycles. The molecule has 0 amide bonds. The third-order valence-corrected chi connectivity index (χ3v) is 2.38. The molecule has 0 atom stereocenters. The van der Waals surface area contributed by atoms with Crippen molar-refractivity contribution in [3.05, 3.63) is 5.82 Å². The van der Waals surface area contributed by atoms with Crippen LogP contribution in [0.5, 0.6) is 0 Å². The van der Waals surface area contributed by atoms with Crippen LogP contribution in [-0.2, 0) is 12.3 Å². The summed E-state index contributed by atoms with van der Waals surface area (Å²) in [5, 5.41) is 4.02. The van der Waals surface area contributed by atoms with E-state index < -0.39 is 0 Å². The minimum absolute atomic E-state index is 0.400. The SMILES string of the molecule is Nc1nc2n(n1)CCSC2. The number of anilines is 1. The maximum Gasteiger partial charge on any atom is 0.239 e. The number of rotatable bonds is 0. The lowest BCUT2D eigenvalue weighted by Gasteiger charge is -2.09. The molecule has 0 saturated carbocycles. The Morgan fingerprint density at radius 1 is 1.60 bits per heavy atom. The van der Waals surface area contributed by atoms with Crippen LogP contribution in [0.25, 0.3) is 0 Å². The van der Waals surface area contributed by atoms with Gasteiger partial charge in [0.15, 0.2) is 0 Å². The van der Waals surface area contributed by atoms with E-state index in [2.05, 4.69) is 10.1 Å². The molecular formula is C5H8N4S. The molecular weight excluding hydrogens is 148 g/mol. The van der Waals surface area contributed by atoms with Crippen LogP contribution in [0.1, 0.15) is 5.82 Å². The van der Waals surface area contributed by atoms with Gasteiger partial charge < -0.3 is 5.73 Å². The Morgan fingerprint density at radius 2 is 2.50 bits per heavy atom. The van der Waals surface area contributed by atoms with Gasteiger partial charge in [-0.1, -0.05) is 0 Å². The summed E-state index contributed by atoms with van der Waals surface area (Å²) >= 11 is 1.87. The largest absolute Gasteiger partial charge is 0.366 e. The Bertz CT molecular complexity index is 220. The lowest BCUT2D eigenvalue weighted by molar-refractivity contribution is 0.629. The van der Waals surface area contributed by atoms with Crippen molar-refractivity contribution in [2.75, 3.05) is 11.5 Å². The minimum atomic E-state index is 0.400. The predicted molar refractivity (Wildman–Crippen MR) is 40.6 cm³/mol. The summed E-state index contributed by atoms with van der Waals surface area (Å²) in [5.74, 6) is 3.48. The van der Waals surface area contributed by atoms with Gasteiger partial charge in [-0.05, 0) is 0 Å². The number of aryl methyl sites for hydroxylation is 1. The summed E-state index contributed by atoms with van der Waals surface area (Å²) in [6, 6.07) is 0. The van der Waals surface area contributed by atoms with E-state index in [1.807, 2.05) is 16.4 Å². The van der Waals surface area contributed by atoms with Gasteiger partial charge in [-0.3, -0.25) is 0 Å². The number of thioether (sulfide) groups is 1. The summed E-state index contributed by atoms with van der Waals surface area (Å²) in [4.78, 5) is 4.06. The first-order valence-corrected chi connectivity index (χ1v) is 4.28. The van der Waals surface area contributed by atoms with Gasteiger partial charge in [-0.15, -0.1) is 5.10 Å². The third-order valence-electron chi connectivity index (χ3n) is 1.44. The monoisotopic (exact) mass is 156 g/mol. The van der Waals surface area contributed by atoms with E-state index in [4.69, 9.17) is 5.73 Å². The number of nitrogens with two attached hydrogens (primary N) is 1. The average molecular weight is 156 g/mol. The fraction of sp³-hybridized carbons (Fsp3) is 0.600. The number of hydrogen-bond donors (Lipinski definition) is 1. The highest BCUT2D eigenvalue weighted by Crippen LogP contribution is 2.16. The van der Waals surface area contributed by atoms with E-state index >= 15 is 0 Å². The van der Waals surface area contributed by atoms with Crippen LogP contribution in [0, 0.1) is 0 Å². The Morgan fingerprint density at radius 3 is 3.30 bits per heavy atom. The van der Waals surface area contributed by atoms with E-state index in [0.29, 0.717) is 5.95 Å². The Balaban J connectivity index is 2.41. The van der Waals surface area contributed by atoms with E-state index in [1.165, 1.54) is 0 Å². The van der Waals surface area contributed by atoms with E-state index in [0.717, 1.165) is 23.9 Å². The first kappa shape index (κ1) is 6.03. The molecule has 0 unspecified atom stereocenters. The molecule has 0 radical (unpaired) electrons. The van der Waals surface area contributed by atoms with Crippen LogP contribution in [0.3, 0.4) is 0 Å². The van der Waals surface area contributed by atoms with Crippen molar-refractivity contribution in [2.45, 2.75) is 12.3 Å². The Kier molecular flexibility index (Phi) is 1.30. The van der Waals surface area contributed by atoms with E-state index in [9.17, 15) is 0 Å². The summed E-state index contributed by atoms with van der Waals surface area (Å²) in [6.07, 6.45) is 0. The lowest BCUT2D eigenvalue weighted by atomic mass is 10.6. The second kappa shape index (κ2) is 2.16. The second-order valence-corrected chi connectivity index (χ2v) is 3.27. The van der Waals surface area contributed by atoms with Crippen LogP contribution in [-0.4, -0.2) is 20.5 Å². The Labute approximate surface area is 62.8 Å². The van der Waals surface area contributed by atoms with Crippen molar-refractivity contribution in [3.8, 4) is 0 Å². The fourth-order valence-corrected chi connectivity index (χ4v) is 1.84. The molecule has 0 fully saturated rings. The van der Waals surface area contributed by atoms with Gasteiger partial charge in [-0.2, -0.15) is 16.7 Å². The second-order valence-electron chi connectivity index (χ2n) is 2.16. The highest BCUT2D eigenvalue weighted by molar-refractivity contribution is 7.98. The maximum atomic E-state index is 5.41. The molecule has 1 aromatic rings. The highest BCUT2D eigenvalue weighted by Gasteiger charge is 2.11. The van der Waals surface area contributed by atoms with Gasteiger partial charge in [0.2, 0.25) is 5.95 Å². The normalized spacial score (nSPS) is 16.8. The molecule has 0 aromatic carbocycles. The molecule has 2 rings (SSSR count). The van der Waals surface area contributed by atoms with Crippen molar-refractivity contribution >= 4 is 17.7 Å². The summed E-state index contributed by atoms with van der Waals surface area (Å²) in [7, 11) is 0. The molecule has 0 bridgehead atoms. The first-order chi connectivity index (χ1) is 4.86. The van der Waals surface area contributed by atoms with Gasteiger partial charge in [0, 0.05) is 5.75 Å². The van der Waals surface area contributed by atoms with Crippen LogP contribution < -0.4 is 5.73 Å². The molecule has 0 saturated heterocycles. The highest BCUT2D eigenvalue weighted by atomic mass is 32.2. The number of nitrogen functional groups attached to an aromatic ring is 1. The van der Waals surface area contributed by atoms with Crippen LogP contribution >= 0.6 is 11.8 Å². The fourth-order valence-electron chi connectivity index (χ4n) is 0.994. The van der Waals surface area contributed by atoms with E-state index in [1.54, 1.807) is 0 Å². The summed E-state index contributed by atoms with van der Waals surface area (Å²) < 4.78 is 1.88.